The van der Waals surface area contributed by atoms with Gasteiger partial charge >= 0.3 is 5.97 Å². The minimum absolute atomic E-state index is 0.148. The second kappa shape index (κ2) is 12.4. The van der Waals surface area contributed by atoms with E-state index in [4.69, 9.17) is 27.3 Å². The number of rotatable bonds is 9. The summed E-state index contributed by atoms with van der Waals surface area (Å²) in [5.74, 6) is -1.09. The standard InChI is InChI=1S/C29H29ClN4O4/c1-19(35)38-26-7-5-4-6-24(26)27(36)33-23-12-13-25(30)22(14-23)16-34(18-29(2,3)17-32)28(37)21-10-8-20(15-31)9-11-21/h4-14H,16-18,32H2,1-3H3,(H,33,36). The summed E-state index contributed by atoms with van der Waals surface area (Å²) in [5.41, 5.74) is 7.73. The fourth-order valence-corrected chi connectivity index (χ4v) is 3.90. The Labute approximate surface area is 227 Å². The van der Waals surface area contributed by atoms with Crippen LogP contribution in [0.3, 0.4) is 0 Å². The number of ether oxygens (including phenoxy) is 1. The van der Waals surface area contributed by atoms with Gasteiger partial charge in [-0.05, 0) is 72.1 Å². The van der Waals surface area contributed by atoms with E-state index in [1.807, 2.05) is 19.9 Å². The quantitative estimate of drug-likeness (QED) is 0.294. The van der Waals surface area contributed by atoms with E-state index in [2.05, 4.69) is 5.32 Å². The molecule has 0 radical (unpaired) electrons. The first-order valence-electron chi connectivity index (χ1n) is 11.9. The Morgan fingerprint density at radius 3 is 2.39 bits per heavy atom. The molecular formula is C29H29ClN4O4. The van der Waals surface area contributed by atoms with E-state index < -0.39 is 11.9 Å². The average Bonchev–Trinajstić information content (AvgIpc) is 2.89. The molecule has 0 atom stereocenters. The topological polar surface area (TPSA) is 126 Å². The zero-order valence-corrected chi connectivity index (χ0v) is 22.2. The molecule has 38 heavy (non-hydrogen) atoms. The van der Waals surface area contributed by atoms with Gasteiger partial charge < -0.3 is 20.7 Å². The van der Waals surface area contributed by atoms with Gasteiger partial charge in [-0.1, -0.05) is 37.6 Å². The monoisotopic (exact) mass is 532 g/mol. The van der Waals surface area contributed by atoms with Crippen molar-refractivity contribution < 1.29 is 19.1 Å². The number of halogens is 1. The molecule has 0 saturated carbocycles. The average molecular weight is 533 g/mol. The summed E-state index contributed by atoms with van der Waals surface area (Å²) in [4.78, 5) is 39.5. The smallest absolute Gasteiger partial charge is 0.308 e. The highest BCUT2D eigenvalue weighted by atomic mass is 35.5. The van der Waals surface area contributed by atoms with Gasteiger partial charge in [0.25, 0.3) is 11.8 Å². The first-order valence-corrected chi connectivity index (χ1v) is 12.3. The number of hydrogen-bond donors (Lipinski definition) is 2. The molecule has 0 saturated heterocycles. The molecule has 3 rings (SSSR count). The molecule has 2 amide bonds. The van der Waals surface area contributed by atoms with Crippen molar-refractivity contribution in [2.75, 3.05) is 18.4 Å². The molecule has 0 aliphatic carbocycles. The number of nitrogens with two attached hydrogens (primary N) is 1. The van der Waals surface area contributed by atoms with Crippen LogP contribution in [0, 0.1) is 16.7 Å². The highest BCUT2D eigenvalue weighted by Crippen LogP contribution is 2.27. The summed E-state index contributed by atoms with van der Waals surface area (Å²) in [6.45, 7) is 6.06. The van der Waals surface area contributed by atoms with Gasteiger partial charge in [-0.15, -0.1) is 0 Å². The second-order valence-electron chi connectivity index (χ2n) is 9.57. The van der Waals surface area contributed by atoms with Gasteiger partial charge in [-0.2, -0.15) is 5.26 Å². The molecular weight excluding hydrogens is 504 g/mol. The Bertz CT molecular complexity index is 1380. The zero-order chi connectivity index (χ0) is 27.9. The van der Waals surface area contributed by atoms with Crippen LogP contribution >= 0.6 is 11.6 Å². The molecule has 0 aliphatic rings. The number of nitrogens with one attached hydrogen (secondary N) is 1. The van der Waals surface area contributed by atoms with Crippen LogP contribution in [0.1, 0.15) is 52.6 Å². The van der Waals surface area contributed by atoms with Crippen LogP contribution < -0.4 is 15.8 Å². The van der Waals surface area contributed by atoms with E-state index in [1.165, 1.54) is 13.0 Å². The van der Waals surface area contributed by atoms with Crippen LogP contribution in [0.15, 0.2) is 66.7 Å². The van der Waals surface area contributed by atoms with Crippen molar-refractivity contribution in [1.29, 1.82) is 5.26 Å². The molecule has 3 aromatic carbocycles. The van der Waals surface area contributed by atoms with Crippen molar-refractivity contribution in [1.82, 2.24) is 4.90 Å². The molecule has 3 N–H and O–H groups in total. The van der Waals surface area contributed by atoms with Gasteiger partial charge in [-0.25, -0.2) is 0 Å². The van der Waals surface area contributed by atoms with E-state index >= 15 is 0 Å². The maximum Gasteiger partial charge on any atom is 0.308 e. The van der Waals surface area contributed by atoms with Gasteiger partial charge in [0, 0.05) is 36.3 Å². The summed E-state index contributed by atoms with van der Waals surface area (Å²) >= 11 is 6.50. The Morgan fingerprint density at radius 2 is 1.76 bits per heavy atom. The lowest BCUT2D eigenvalue weighted by Crippen LogP contribution is -2.41. The normalized spacial score (nSPS) is 10.8. The van der Waals surface area contributed by atoms with Crippen LogP contribution in [0.4, 0.5) is 5.69 Å². The van der Waals surface area contributed by atoms with Gasteiger partial charge in [0.15, 0.2) is 0 Å². The van der Waals surface area contributed by atoms with Crippen molar-refractivity contribution in [2.24, 2.45) is 11.1 Å². The Balaban J connectivity index is 1.88. The fourth-order valence-electron chi connectivity index (χ4n) is 3.73. The minimum Gasteiger partial charge on any atom is -0.426 e. The maximum atomic E-state index is 13.5. The number of anilines is 1. The van der Waals surface area contributed by atoms with Crippen LogP contribution in [-0.2, 0) is 11.3 Å². The molecule has 0 aliphatic heterocycles. The van der Waals surface area contributed by atoms with Crippen molar-refractivity contribution in [3.05, 3.63) is 94.0 Å². The number of carbonyl (C=O) groups is 3. The lowest BCUT2D eigenvalue weighted by Gasteiger charge is -2.32. The number of nitriles is 1. The van der Waals surface area contributed by atoms with E-state index in [0.717, 1.165) is 0 Å². The number of esters is 1. The molecule has 0 bridgehead atoms. The lowest BCUT2D eigenvalue weighted by atomic mass is 9.92. The van der Waals surface area contributed by atoms with Crippen molar-refractivity contribution in [3.63, 3.8) is 0 Å². The summed E-state index contributed by atoms with van der Waals surface area (Å²) in [6, 6.07) is 19.9. The number of carbonyl (C=O) groups excluding carboxylic acids is 3. The third kappa shape index (κ3) is 7.42. The predicted octanol–water partition coefficient (Wildman–Crippen LogP) is 5.02. The molecule has 3 aromatic rings. The zero-order valence-electron chi connectivity index (χ0n) is 21.5. The van der Waals surface area contributed by atoms with Gasteiger partial charge in [0.1, 0.15) is 5.75 Å². The Hall–Kier alpha value is -4.19. The molecule has 0 unspecified atom stereocenters. The van der Waals surface area contributed by atoms with Crippen LogP contribution in [0.25, 0.3) is 0 Å². The summed E-state index contributed by atoms with van der Waals surface area (Å²) in [7, 11) is 0. The first-order chi connectivity index (χ1) is 18.0. The van der Waals surface area contributed by atoms with Gasteiger partial charge in [0.05, 0.1) is 17.2 Å². The largest absolute Gasteiger partial charge is 0.426 e. The maximum absolute atomic E-state index is 13.5. The molecule has 9 heteroatoms. The molecule has 0 aromatic heterocycles. The molecule has 0 fully saturated rings. The van der Waals surface area contributed by atoms with Crippen LogP contribution in [0.5, 0.6) is 5.75 Å². The lowest BCUT2D eigenvalue weighted by molar-refractivity contribution is -0.131. The Morgan fingerprint density at radius 1 is 1.08 bits per heavy atom. The fraction of sp³-hybridized carbons (Fsp3) is 0.241. The summed E-state index contributed by atoms with van der Waals surface area (Å²) < 4.78 is 5.15. The predicted molar refractivity (Wildman–Crippen MR) is 146 cm³/mol. The molecule has 8 nitrogen and oxygen atoms in total. The van der Waals surface area contributed by atoms with Crippen LogP contribution in [0.2, 0.25) is 5.02 Å². The number of para-hydroxylation sites is 1. The Kier molecular flexibility index (Phi) is 9.24. The SMILES string of the molecule is CC(=O)Oc1ccccc1C(=O)Nc1ccc(Cl)c(CN(CC(C)(C)CN)C(=O)c2ccc(C#N)cc2)c1. The third-order valence-electron chi connectivity index (χ3n) is 5.77. The van der Waals surface area contributed by atoms with E-state index in [-0.39, 0.29) is 29.2 Å². The molecule has 0 spiro atoms. The van der Waals surface area contributed by atoms with E-state index in [9.17, 15) is 14.4 Å². The van der Waals surface area contributed by atoms with Crippen LogP contribution in [-0.4, -0.2) is 35.8 Å². The highest BCUT2D eigenvalue weighted by molar-refractivity contribution is 6.31. The van der Waals surface area contributed by atoms with E-state index in [1.54, 1.807) is 65.6 Å². The number of amides is 2. The second-order valence-corrected chi connectivity index (χ2v) is 9.98. The number of nitrogens with zero attached hydrogens (tertiary/aromatic N) is 2. The third-order valence-corrected chi connectivity index (χ3v) is 6.14. The van der Waals surface area contributed by atoms with E-state index in [0.29, 0.717) is 40.5 Å². The highest BCUT2D eigenvalue weighted by Gasteiger charge is 2.26. The number of hydrogen-bond acceptors (Lipinski definition) is 6. The summed E-state index contributed by atoms with van der Waals surface area (Å²) in [6.07, 6.45) is 0. The first kappa shape index (κ1) is 28.4. The van der Waals surface area contributed by atoms with Crippen molar-refractivity contribution in [2.45, 2.75) is 27.3 Å². The molecule has 196 valence electrons. The van der Waals surface area contributed by atoms with Crippen molar-refractivity contribution in [3.8, 4) is 11.8 Å². The van der Waals surface area contributed by atoms with Gasteiger partial charge in [0.2, 0.25) is 0 Å². The number of benzene rings is 3. The van der Waals surface area contributed by atoms with Crippen molar-refractivity contribution >= 4 is 35.1 Å². The minimum atomic E-state index is -0.536. The summed E-state index contributed by atoms with van der Waals surface area (Å²) in [5, 5.41) is 12.3. The van der Waals surface area contributed by atoms with Gasteiger partial charge in [-0.3, -0.25) is 14.4 Å². The molecule has 0 heterocycles.